The number of amides is 1. The van der Waals surface area contributed by atoms with Crippen molar-refractivity contribution in [1.82, 2.24) is 9.80 Å². The van der Waals surface area contributed by atoms with E-state index in [4.69, 9.17) is 14.2 Å². The molecule has 1 N–H and O–H groups in total. The van der Waals surface area contributed by atoms with E-state index in [1.807, 2.05) is 18.7 Å². The Labute approximate surface area is 187 Å². The predicted octanol–water partition coefficient (Wildman–Crippen LogP) is 2.28. The summed E-state index contributed by atoms with van der Waals surface area (Å²) >= 11 is 0. The van der Waals surface area contributed by atoms with E-state index >= 15 is 0 Å². The number of rotatable bonds is 11. The van der Waals surface area contributed by atoms with Crippen molar-refractivity contribution in [2.24, 2.45) is 0 Å². The van der Waals surface area contributed by atoms with Crippen LogP contribution in [0.15, 0.2) is 24.3 Å². The Morgan fingerprint density at radius 1 is 1.38 bits per heavy atom. The molecule has 1 saturated heterocycles. The molecule has 0 saturated carbocycles. The first-order valence-electron chi connectivity index (χ1n) is 10.7. The van der Waals surface area contributed by atoms with Gasteiger partial charge in [0, 0.05) is 45.4 Å². The van der Waals surface area contributed by atoms with Crippen LogP contribution in [0, 0.1) is 0 Å². The smallest absolute Gasteiger partial charge is 0.389 e. The van der Waals surface area contributed by atoms with Crippen molar-refractivity contribution in [2.75, 3.05) is 59.7 Å². The molecule has 1 aliphatic rings. The van der Waals surface area contributed by atoms with Crippen LogP contribution >= 0.6 is 0 Å². The fourth-order valence-corrected chi connectivity index (χ4v) is 3.45. The van der Waals surface area contributed by atoms with Gasteiger partial charge < -0.3 is 24.2 Å². The van der Waals surface area contributed by atoms with Gasteiger partial charge in [-0.25, -0.2) is 0 Å². The van der Waals surface area contributed by atoms with Gasteiger partial charge in [0.15, 0.2) is 0 Å². The third kappa shape index (κ3) is 8.67. The maximum atomic E-state index is 13.1. The minimum Gasteiger partial charge on any atom is -0.389 e. The number of β-amino-alcohol motifs (C(OH)–C–C–N with tert-alkyl or cyclic N) is 1. The van der Waals surface area contributed by atoms with Crippen LogP contribution in [0.25, 0.3) is 0 Å². The highest BCUT2D eigenvalue weighted by molar-refractivity contribution is 5.94. The third-order valence-corrected chi connectivity index (χ3v) is 5.03. The monoisotopic (exact) mass is 462 g/mol. The van der Waals surface area contributed by atoms with E-state index in [9.17, 15) is 23.1 Å². The largest absolute Gasteiger partial charge is 0.416 e. The zero-order valence-electron chi connectivity index (χ0n) is 18.8. The van der Waals surface area contributed by atoms with Crippen LogP contribution in [-0.4, -0.2) is 98.8 Å². The summed E-state index contributed by atoms with van der Waals surface area (Å²) in [4.78, 5) is 16.5. The molecule has 1 aliphatic heterocycles. The number of aliphatic hydroxyl groups excluding tert-OH is 1. The van der Waals surface area contributed by atoms with Crippen molar-refractivity contribution in [3.63, 3.8) is 0 Å². The molecule has 1 aromatic carbocycles. The van der Waals surface area contributed by atoms with Gasteiger partial charge in [0.25, 0.3) is 5.91 Å². The Kier molecular flexibility index (Phi) is 10.4. The number of halogens is 3. The molecule has 10 heteroatoms. The molecule has 0 unspecified atom stereocenters. The topological polar surface area (TPSA) is 71.5 Å². The summed E-state index contributed by atoms with van der Waals surface area (Å²) in [7, 11) is 1.49. The Morgan fingerprint density at radius 3 is 2.78 bits per heavy atom. The van der Waals surface area contributed by atoms with Gasteiger partial charge in [0.1, 0.15) is 0 Å². The second-order valence-electron chi connectivity index (χ2n) is 8.11. The second-order valence-corrected chi connectivity index (χ2v) is 8.11. The molecule has 1 heterocycles. The molecule has 0 bridgehead atoms. The summed E-state index contributed by atoms with van der Waals surface area (Å²) in [6.45, 7) is 6.64. The van der Waals surface area contributed by atoms with Crippen molar-refractivity contribution < 1.29 is 37.3 Å². The summed E-state index contributed by atoms with van der Waals surface area (Å²) in [5, 5.41) is 10.2. The molecule has 2 rings (SSSR count). The number of nitrogens with zero attached hydrogens (tertiary/aromatic N) is 2. The van der Waals surface area contributed by atoms with Crippen molar-refractivity contribution in [3.05, 3.63) is 35.4 Å². The van der Waals surface area contributed by atoms with Crippen LogP contribution < -0.4 is 0 Å². The fraction of sp³-hybridized carbons (Fsp3) is 0.682. The quantitative estimate of drug-likeness (QED) is 0.544. The van der Waals surface area contributed by atoms with Crippen LogP contribution in [-0.2, 0) is 20.4 Å². The molecule has 32 heavy (non-hydrogen) atoms. The van der Waals surface area contributed by atoms with Gasteiger partial charge in [-0.1, -0.05) is 6.07 Å². The molecule has 0 aromatic heterocycles. The number of ether oxygens (including phenoxy) is 3. The SMILES string of the molecule is COCCN(C[C@@H]1CN(C[C@@H](O)COC(C)C)CCO1)C(=O)c1cccc(C(F)(F)F)c1. The average Bonchev–Trinajstić information content (AvgIpc) is 2.74. The first kappa shape index (κ1) is 26.5. The number of benzene rings is 1. The zero-order chi connectivity index (χ0) is 23.7. The van der Waals surface area contributed by atoms with E-state index < -0.39 is 23.8 Å². The molecule has 7 nitrogen and oxygen atoms in total. The van der Waals surface area contributed by atoms with Crippen molar-refractivity contribution >= 4 is 5.91 Å². The van der Waals surface area contributed by atoms with E-state index in [1.54, 1.807) is 0 Å². The highest BCUT2D eigenvalue weighted by Gasteiger charge is 2.32. The molecular formula is C22H33F3N2O5. The number of morpholine rings is 1. The Morgan fingerprint density at radius 2 is 2.12 bits per heavy atom. The van der Waals surface area contributed by atoms with Gasteiger partial charge in [0.2, 0.25) is 0 Å². The second kappa shape index (κ2) is 12.5. The molecular weight excluding hydrogens is 429 g/mol. The average molecular weight is 463 g/mol. The summed E-state index contributed by atoms with van der Waals surface area (Å²) in [5.41, 5.74) is -0.905. The van der Waals surface area contributed by atoms with Crippen LogP contribution in [0.2, 0.25) is 0 Å². The lowest BCUT2D eigenvalue weighted by Crippen LogP contribution is -2.51. The third-order valence-electron chi connectivity index (χ3n) is 5.03. The van der Waals surface area contributed by atoms with Crippen LogP contribution in [0.3, 0.4) is 0 Å². The van der Waals surface area contributed by atoms with E-state index in [0.717, 1.165) is 12.1 Å². The van der Waals surface area contributed by atoms with Gasteiger partial charge in [0.05, 0.1) is 43.7 Å². The normalized spacial score (nSPS) is 18.7. The minimum atomic E-state index is -4.53. The van der Waals surface area contributed by atoms with Crippen molar-refractivity contribution in [3.8, 4) is 0 Å². The lowest BCUT2D eigenvalue weighted by atomic mass is 10.1. The molecule has 1 fully saturated rings. The first-order valence-corrected chi connectivity index (χ1v) is 10.7. The maximum Gasteiger partial charge on any atom is 0.416 e. The zero-order valence-corrected chi connectivity index (χ0v) is 18.8. The number of hydrogen-bond donors (Lipinski definition) is 1. The first-order chi connectivity index (χ1) is 15.1. The number of carbonyl (C=O) groups is 1. The maximum absolute atomic E-state index is 13.1. The Bertz CT molecular complexity index is 717. The number of methoxy groups -OCH3 is 1. The van der Waals surface area contributed by atoms with Gasteiger partial charge in [-0.3, -0.25) is 9.69 Å². The number of carbonyl (C=O) groups excluding carboxylic acids is 1. The predicted molar refractivity (Wildman–Crippen MR) is 112 cm³/mol. The van der Waals surface area contributed by atoms with Crippen LogP contribution in [0.5, 0.6) is 0 Å². The number of alkyl halides is 3. The fourth-order valence-electron chi connectivity index (χ4n) is 3.45. The summed E-state index contributed by atoms with van der Waals surface area (Å²) in [5.74, 6) is -0.515. The summed E-state index contributed by atoms with van der Waals surface area (Å²) in [6.07, 6.45) is -5.49. The summed E-state index contributed by atoms with van der Waals surface area (Å²) < 4.78 is 55.5. The molecule has 0 aliphatic carbocycles. The van der Waals surface area contributed by atoms with Crippen molar-refractivity contribution in [1.29, 1.82) is 0 Å². The molecule has 182 valence electrons. The number of hydrogen-bond acceptors (Lipinski definition) is 6. The van der Waals surface area contributed by atoms with E-state index in [0.29, 0.717) is 26.2 Å². The molecule has 1 aromatic rings. The van der Waals surface area contributed by atoms with Crippen molar-refractivity contribution in [2.45, 2.75) is 38.3 Å². The summed E-state index contributed by atoms with van der Waals surface area (Å²) in [6, 6.07) is 4.40. The van der Waals surface area contributed by atoms with E-state index in [-0.39, 0.29) is 44.1 Å². The molecule has 0 radical (unpaired) electrons. The molecule has 1 amide bonds. The van der Waals surface area contributed by atoms with Gasteiger partial charge in [-0.15, -0.1) is 0 Å². The van der Waals surface area contributed by atoms with Gasteiger partial charge in [-0.2, -0.15) is 13.2 Å². The van der Waals surface area contributed by atoms with E-state index in [2.05, 4.69) is 0 Å². The minimum absolute atomic E-state index is 0.0262. The van der Waals surface area contributed by atoms with Gasteiger partial charge in [-0.05, 0) is 32.0 Å². The lowest BCUT2D eigenvalue weighted by Gasteiger charge is -2.36. The van der Waals surface area contributed by atoms with Gasteiger partial charge >= 0.3 is 6.18 Å². The van der Waals surface area contributed by atoms with Crippen LogP contribution in [0.4, 0.5) is 13.2 Å². The molecule has 2 atom stereocenters. The standard InChI is InChI=1S/C22H33F3N2O5/c1-16(2)32-15-19(28)12-26-7-10-31-20(13-26)14-27(8-9-30-3)21(29)17-5-4-6-18(11-17)22(23,24)25/h4-6,11,16,19-20,28H,7-10,12-15H2,1-3H3/t19-,20+/m1/s1. The Balaban J connectivity index is 2.02. The highest BCUT2D eigenvalue weighted by Crippen LogP contribution is 2.29. The Hall–Kier alpha value is -1.72. The van der Waals surface area contributed by atoms with Crippen LogP contribution in [0.1, 0.15) is 29.8 Å². The highest BCUT2D eigenvalue weighted by atomic mass is 19.4. The van der Waals surface area contributed by atoms with E-state index in [1.165, 1.54) is 24.1 Å². The lowest BCUT2D eigenvalue weighted by molar-refractivity contribution is -0.137. The molecule has 0 spiro atoms. The number of aliphatic hydroxyl groups is 1.